The van der Waals surface area contributed by atoms with Crippen molar-refractivity contribution in [2.75, 3.05) is 29.5 Å². The van der Waals surface area contributed by atoms with E-state index in [0.717, 1.165) is 57.7 Å². The Hall–Kier alpha value is -7.16. The molecule has 0 bridgehead atoms. The van der Waals surface area contributed by atoms with E-state index in [4.69, 9.17) is 32.9 Å². The van der Waals surface area contributed by atoms with Gasteiger partial charge in [0.15, 0.2) is 17.2 Å². The normalized spacial score (nSPS) is 14.0. The lowest BCUT2D eigenvalue weighted by Crippen LogP contribution is -2.45. The molecule has 9 heterocycles. The second-order valence-electron chi connectivity index (χ2n) is 15.8. The molecular weight excluding hydrogens is 831 g/mol. The molecule has 1 aromatic carbocycles. The summed E-state index contributed by atoms with van der Waals surface area (Å²) in [6, 6.07) is 11.2. The zero-order valence-electron chi connectivity index (χ0n) is 33.8. The topological polar surface area (TPSA) is 228 Å². The van der Waals surface area contributed by atoms with Crippen molar-refractivity contribution in [3.63, 3.8) is 0 Å². The van der Waals surface area contributed by atoms with Crippen LogP contribution in [0.15, 0.2) is 97.2 Å². The van der Waals surface area contributed by atoms with E-state index in [0.29, 0.717) is 41.4 Å². The molecule has 1 saturated heterocycles. The number of hydrogen-bond acceptors (Lipinski definition) is 14. The van der Waals surface area contributed by atoms with Crippen molar-refractivity contribution < 1.29 is 9.13 Å². The molecule has 10 rings (SSSR count). The first-order chi connectivity index (χ1) is 29.9. The van der Waals surface area contributed by atoms with Crippen LogP contribution in [0.25, 0.3) is 55.5 Å². The smallest absolute Gasteiger partial charge is 0.285 e. The van der Waals surface area contributed by atoms with Crippen molar-refractivity contribution in [1.29, 1.82) is 0 Å². The van der Waals surface area contributed by atoms with Crippen molar-refractivity contribution in [2.24, 2.45) is 0 Å². The fraction of sp³-hybridized carbons (Fsp3) is 0.220. The third-order valence-corrected chi connectivity index (χ3v) is 12.5. The second-order valence-corrected chi connectivity index (χ2v) is 21.8. The van der Waals surface area contributed by atoms with E-state index in [1.54, 1.807) is 36.9 Å². The molecule has 21 heteroatoms. The van der Waals surface area contributed by atoms with Crippen molar-refractivity contribution >= 4 is 65.0 Å². The average Bonchev–Trinajstić information content (AvgIpc) is 3.96. The number of nitrogens with two attached hydrogens (primary N) is 2. The molecule has 8 aromatic heterocycles. The number of anilines is 3. The zero-order chi connectivity index (χ0) is 43.1. The van der Waals surface area contributed by atoms with Crippen molar-refractivity contribution in [2.45, 2.75) is 44.9 Å². The van der Waals surface area contributed by atoms with Gasteiger partial charge in [0.25, 0.3) is 5.56 Å². The lowest BCUT2D eigenvalue weighted by molar-refractivity contribution is 0.0899. The second kappa shape index (κ2) is 16.4. The summed E-state index contributed by atoms with van der Waals surface area (Å²) in [5, 5.41) is 6.64. The predicted octanol–water partition coefficient (Wildman–Crippen LogP) is 6.32. The van der Waals surface area contributed by atoms with Gasteiger partial charge in [-0.15, -0.1) is 0 Å². The van der Waals surface area contributed by atoms with E-state index in [9.17, 15) is 9.18 Å². The van der Waals surface area contributed by atoms with Crippen LogP contribution in [0.3, 0.4) is 0 Å². The molecule has 1 aliphatic rings. The molecular formula is C41H40ClFN16O2Si. The van der Waals surface area contributed by atoms with Gasteiger partial charge in [0.2, 0.25) is 11.9 Å². The maximum Gasteiger partial charge on any atom is 0.285 e. The fourth-order valence-corrected chi connectivity index (χ4v) is 8.28. The summed E-state index contributed by atoms with van der Waals surface area (Å²) in [6.45, 7) is 8.80. The van der Waals surface area contributed by atoms with E-state index >= 15 is 0 Å². The molecule has 314 valence electrons. The van der Waals surface area contributed by atoms with Crippen molar-refractivity contribution in [3.05, 3.63) is 120 Å². The van der Waals surface area contributed by atoms with Gasteiger partial charge in [0.05, 0.1) is 22.5 Å². The molecule has 5 N–H and O–H groups in total. The number of para-hydroxylation sites is 1. The van der Waals surface area contributed by atoms with Gasteiger partial charge >= 0.3 is 0 Å². The molecule has 0 amide bonds. The summed E-state index contributed by atoms with van der Waals surface area (Å²) >= 11 is 6.31. The number of nitrogens with zero attached hydrogens (tertiary/aromatic N) is 13. The highest BCUT2D eigenvalue weighted by atomic mass is 35.5. The van der Waals surface area contributed by atoms with E-state index in [1.807, 2.05) is 35.2 Å². The Kier molecular flexibility index (Phi) is 10.6. The molecule has 9 aromatic rings. The minimum atomic E-state index is -1.12. The van der Waals surface area contributed by atoms with Crippen LogP contribution in [0, 0.1) is 5.82 Å². The number of aromatic amines is 1. The molecule has 0 unspecified atom stereocenters. The van der Waals surface area contributed by atoms with Gasteiger partial charge in [-0.1, -0.05) is 49.4 Å². The number of benzene rings is 1. The molecule has 1 atom stereocenters. The van der Waals surface area contributed by atoms with Gasteiger partial charge in [-0.25, -0.2) is 48.8 Å². The largest absolute Gasteiger partial charge is 0.368 e. The maximum atomic E-state index is 14.5. The first kappa shape index (κ1) is 40.3. The van der Waals surface area contributed by atoms with Crippen LogP contribution >= 0.6 is 11.6 Å². The molecule has 0 spiro atoms. The Bertz CT molecular complexity index is 3110. The van der Waals surface area contributed by atoms with Crippen LogP contribution in [-0.2, 0) is 11.5 Å². The number of hydrogen-bond donors (Lipinski definition) is 3. The van der Waals surface area contributed by atoms with Gasteiger partial charge in [-0.3, -0.25) is 9.36 Å². The summed E-state index contributed by atoms with van der Waals surface area (Å²) < 4.78 is 25.1. The summed E-state index contributed by atoms with van der Waals surface area (Å²) in [5.74, 6) is 0.973. The maximum absolute atomic E-state index is 14.5. The zero-order valence-corrected chi connectivity index (χ0v) is 35.6. The Morgan fingerprint density at radius 2 is 1.58 bits per heavy atom. The summed E-state index contributed by atoms with van der Waals surface area (Å²) in [5.41, 5.74) is 15.9. The summed E-state index contributed by atoms with van der Waals surface area (Å²) in [4.78, 5) is 52.6. The number of rotatable bonds is 10. The molecule has 1 fully saturated rings. The Labute approximate surface area is 358 Å². The number of halogens is 2. The Balaban J connectivity index is 0.000000171. The molecule has 0 radical (unpaired) electrons. The van der Waals surface area contributed by atoms with Crippen LogP contribution in [0.4, 0.5) is 22.1 Å². The molecule has 0 aliphatic carbocycles. The third-order valence-electron chi connectivity index (χ3n) is 10.5. The predicted molar refractivity (Wildman–Crippen MR) is 237 cm³/mol. The molecule has 0 saturated carbocycles. The number of aromatic nitrogens is 13. The lowest BCUT2D eigenvalue weighted by Gasteiger charge is -2.42. The van der Waals surface area contributed by atoms with E-state index < -0.39 is 19.5 Å². The quantitative estimate of drug-likeness (QED) is 0.0776. The molecule has 62 heavy (non-hydrogen) atoms. The van der Waals surface area contributed by atoms with E-state index in [1.165, 1.54) is 34.0 Å². The van der Waals surface area contributed by atoms with E-state index in [2.05, 4.69) is 69.4 Å². The Morgan fingerprint density at radius 1 is 0.887 bits per heavy atom. The Morgan fingerprint density at radius 3 is 2.26 bits per heavy atom. The highest BCUT2D eigenvalue weighted by molar-refractivity contribution is 6.76. The van der Waals surface area contributed by atoms with Gasteiger partial charge in [0.1, 0.15) is 41.7 Å². The van der Waals surface area contributed by atoms with Crippen LogP contribution in [0.5, 0.6) is 0 Å². The van der Waals surface area contributed by atoms with Gasteiger partial charge in [0, 0.05) is 86.9 Å². The lowest BCUT2D eigenvalue weighted by atomic mass is 10.00. The highest BCUT2D eigenvalue weighted by Gasteiger charge is 2.37. The SMILES string of the molecule is C[Si](C)(C)CCOCn1cc(-c2cnc(N)nc2)c2c(Cl)ncnc21.Nc1ncc(-c2c[nH]c3ncnc(N4CC[C@H]4c4nn5ccc(F)c5c(=O)n4-c4ccccc4)c23)cn1. The number of fused-ring (bicyclic) bond motifs is 3. The van der Waals surface area contributed by atoms with Gasteiger partial charge in [-0.05, 0) is 30.7 Å². The summed E-state index contributed by atoms with van der Waals surface area (Å²) in [7, 11) is -1.12. The van der Waals surface area contributed by atoms with Crippen molar-refractivity contribution in [3.8, 4) is 27.9 Å². The first-order valence-corrected chi connectivity index (χ1v) is 23.7. The van der Waals surface area contributed by atoms with Crippen LogP contribution < -0.4 is 21.9 Å². The molecule has 18 nitrogen and oxygen atoms in total. The number of nitrogens with one attached hydrogen (secondary N) is 1. The standard InChI is InChI=1S/C25H19FN10O.C16H21ClN6OSi/c26-17-6-9-35-20(17)24(37)36(15-4-2-1-3-5-15)22(33-35)18-7-8-34(18)23-19-16(12-28-21(19)31-13-32-23)14-10-29-25(27)30-11-14;1-25(2,3)5-4-24-10-23-8-12(11-6-19-16(18)20-7-11)13-14(17)21-9-22-15(13)23/h1-6,9-13,18H,7-8H2,(H2,27,29,30)(H,28,31,32);6-9H,4-5,10H2,1-3H3,(H2,18,19,20)/t18-;/m0./s1. The highest BCUT2D eigenvalue weighted by Crippen LogP contribution is 2.42. The minimum Gasteiger partial charge on any atom is -0.368 e. The average molecular weight is 871 g/mol. The van der Waals surface area contributed by atoms with Crippen LogP contribution in [-0.4, -0.2) is 84.8 Å². The minimum absolute atomic E-state index is 0.0980. The van der Waals surface area contributed by atoms with Crippen LogP contribution in [0.2, 0.25) is 30.8 Å². The van der Waals surface area contributed by atoms with Gasteiger partial charge < -0.3 is 30.7 Å². The first-order valence-electron chi connectivity index (χ1n) is 19.6. The van der Waals surface area contributed by atoms with E-state index in [-0.39, 0.29) is 23.5 Å². The third kappa shape index (κ3) is 7.69. The number of H-pyrrole nitrogens is 1. The van der Waals surface area contributed by atoms with Crippen LogP contribution in [0.1, 0.15) is 18.3 Å². The van der Waals surface area contributed by atoms with Gasteiger partial charge in [-0.2, -0.15) is 5.10 Å². The number of ether oxygens (including phenoxy) is 1. The monoisotopic (exact) mass is 870 g/mol. The summed E-state index contributed by atoms with van der Waals surface area (Å²) in [6.07, 6.45) is 15.5. The van der Waals surface area contributed by atoms with Crippen molar-refractivity contribution in [1.82, 2.24) is 63.6 Å². The molecule has 1 aliphatic heterocycles. The fourth-order valence-electron chi connectivity index (χ4n) is 7.29. The number of nitrogen functional groups attached to an aromatic ring is 2.